The Morgan fingerprint density at radius 1 is 1.43 bits per heavy atom. The highest BCUT2D eigenvalue weighted by atomic mass is 15.2. The largest absolute Gasteiger partial charge is 0.368 e. The van der Waals surface area contributed by atoms with Gasteiger partial charge in [0.2, 0.25) is 0 Å². The molecule has 0 radical (unpaired) electrons. The molecule has 0 aliphatic carbocycles. The van der Waals surface area contributed by atoms with E-state index in [2.05, 4.69) is 25.5 Å². The van der Waals surface area contributed by atoms with Crippen molar-refractivity contribution in [3.63, 3.8) is 0 Å². The molecule has 2 aromatic rings. The SMILES string of the molecule is c1cnnc(NCCc2cnc[nH]2)c1. The maximum Gasteiger partial charge on any atom is 0.148 e. The molecule has 0 spiro atoms. The van der Waals surface area contributed by atoms with Gasteiger partial charge in [-0.25, -0.2) is 4.98 Å². The van der Waals surface area contributed by atoms with Crippen molar-refractivity contribution in [1.29, 1.82) is 0 Å². The minimum Gasteiger partial charge on any atom is -0.368 e. The Morgan fingerprint density at radius 3 is 3.14 bits per heavy atom. The van der Waals surface area contributed by atoms with Gasteiger partial charge in [-0.15, -0.1) is 5.10 Å². The minimum atomic E-state index is 0.798. The highest BCUT2D eigenvalue weighted by molar-refractivity contribution is 5.31. The lowest BCUT2D eigenvalue weighted by Crippen LogP contribution is -2.06. The Hall–Kier alpha value is -1.91. The number of aromatic nitrogens is 4. The molecule has 2 aromatic heterocycles. The van der Waals surface area contributed by atoms with Crippen molar-refractivity contribution in [2.24, 2.45) is 0 Å². The third-order valence-corrected chi connectivity index (χ3v) is 1.83. The van der Waals surface area contributed by atoms with Crippen LogP contribution in [0.5, 0.6) is 0 Å². The van der Waals surface area contributed by atoms with Gasteiger partial charge in [0.15, 0.2) is 0 Å². The van der Waals surface area contributed by atoms with E-state index in [1.165, 1.54) is 0 Å². The van der Waals surface area contributed by atoms with Gasteiger partial charge in [0.1, 0.15) is 5.82 Å². The smallest absolute Gasteiger partial charge is 0.148 e. The zero-order chi connectivity index (χ0) is 9.64. The molecule has 5 nitrogen and oxygen atoms in total. The van der Waals surface area contributed by atoms with E-state index in [0.717, 1.165) is 24.5 Å². The quantitative estimate of drug-likeness (QED) is 0.748. The number of nitrogens with one attached hydrogen (secondary N) is 2. The molecule has 14 heavy (non-hydrogen) atoms. The van der Waals surface area contributed by atoms with Crippen LogP contribution in [0.2, 0.25) is 0 Å². The third-order valence-electron chi connectivity index (χ3n) is 1.83. The van der Waals surface area contributed by atoms with Crippen molar-refractivity contribution in [3.05, 3.63) is 36.5 Å². The molecule has 5 heteroatoms. The van der Waals surface area contributed by atoms with Gasteiger partial charge in [0.25, 0.3) is 0 Å². The molecular formula is C9H11N5. The number of H-pyrrole nitrogens is 1. The first-order chi connectivity index (χ1) is 6.95. The number of rotatable bonds is 4. The molecule has 2 heterocycles. The fourth-order valence-corrected chi connectivity index (χ4v) is 1.14. The second kappa shape index (κ2) is 4.36. The molecule has 0 unspecified atom stereocenters. The summed E-state index contributed by atoms with van der Waals surface area (Å²) < 4.78 is 0. The fraction of sp³-hybridized carbons (Fsp3) is 0.222. The molecule has 0 atom stereocenters. The molecule has 0 amide bonds. The zero-order valence-electron chi connectivity index (χ0n) is 7.64. The predicted octanol–water partition coefficient (Wildman–Crippen LogP) is 0.854. The Labute approximate surface area is 81.6 Å². The fourth-order valence-electron chi connectivity index (χ4n) is 1.14. The second-order valence-electron chi connectivity index (χ2n) is 2.86. The van der Waals surface area contributed by atoms with E-state index in [4.69, 9.17) is 0 Å². The number of imidazole rings is 1. The lowest BCUT2D eigenvalue weighted by molar-refractivity contribution is 0.945. The first-order valence-corrected chi connectivity index (χ1v) is 4.44. The summed E-state index contributed by atoms with van der Waals surface area (Å²) in [5, 5.41) is 10.8. The first-order valence-electron chi connectivity index (χ1n) is 4.44. The Bertz CT molecular complexity index is 356. The molecule has 0 aliphatic heterocycles. The average Bonchev–Trinajstić information content (AvgIpc) is 2.72. The van der Waals surface area contributed by atoms with Crippen molar-refractivity contribution in [3.8, 4) is 0 Å². The van der Waals surface area contributed by atoms with Crippen LogP contribution in [0.4, 0.5) is 5.82 Å². The number of hydrogen-bond donors (Lipinski definition) is 2. The van der Waals surface area contributed by atoms with Crippen LogP contribution in [0, 0.1) is 0 Å². The second-order valence-corrected chi connectivity index (χ2v) is 2.86. The highest BCUT2D eigenvalue weighted by Crippen LogP contribution is 1.98. The summed E-state index contributed by atoms with van der Waals surface area (Å²) in [6.45, 7) is 0.820. The summed E-state index contributed by atoms with van der Waals surface area (Å²) in [6, 6.07) is 3.74. The van der Waals surface area contributed by atoms with Gasteiger partial charge >= 0.3 is 0 Å². The Kier molecular flexibility index (Phi) is 2.70. The van der Waals surface area contributed by atoms with Crippen LogP contribution < -0.4 is 5.32 Å². The Morgan fingerprint density at radius 2 is 2.43 bits per heavy atom. The molecule has 0 aliphatic rings. The van der Waals surface area contributed by atoms with Crippen molar-refractivity contribution in [2.75, 3.05) is 11.9 Å². The first kappa shape index (κ1) is 8.68. The van der Waals surface area contributed by atoms with E-state index in [0.29, 0.717) is 0 Å². The predicted molar refractivity (Wildman–Crippen MR) is 52.8 cm³/mol. The summed E-state index contributed by atoms with van der Waals surface area (Å²) in [5.41, 5.74) is 1.11. The Balaban J connectivity index is 1.79. The van der Waals surface area contributed by atoms with Gasteiger partial charge in [0, 0.05) is 31.1 Å². The van der Waals surface area contributed by atoms with Crippen LogP contribution in [0.1, 0.15) is 5.69 Å². The summed E-state index contributed by atoms with van der Waals surface area (Å²) in [6.07, 6.45) is 6.05. The van der Waals surface area contributed by atoms with Gasteiger partial charge in [-0.2, -0.15) is 5.10 Å². The summed E-state index contributed by atoms with van der Waals surface area (Å²) in [4.78, 5) is 6.97. The molecule has 0 fully saturated rings. The maximum absolute atomic E-state index is 3.94. The molecule has 72 valence electrons. The van der Waals surface area contributed by atoms with Gasteiger partial charge in [0.05, 0.1) is 6.33 Å². The van der Waals surface area contributed by atoms with Crippen LogP contribution >= 0.6 is 0 Å². The van der Waals surface area contributed by atoms with Gasteiger partial charge in [-0.05, 0) is 12.1 Å². The van der Waals surface area contributed by atoms with Crippen LogP contribution in [0.15, 0.2) is 30.9 Å². The lowest BCUT2D eigenvalue weighted by atomic mass is 10.3. The van der Waals surface area contributed by atoms with Gasteiger partial charge < -0.3 is 10.3 Å². The van der Waals surface area contributed by atoms with Crippen LogP contribution in [-0.4, -0.2) is 26.7 Å². The average molecular weight is 189 g/mol. The van der Waals surface area contributed by atoms with Gasteiger partial charge in [-0.3, -0.25) is 0 Å². The van der Waals surface area contributed by atoms with Crippen molar-refractivity contribution < 1.29 is 0 Å². The number of aromatic amines is 1. The highest BCUT2D eigenvalue weighted by Gasteiger charge is 1.94. The normalized spacial score (nSPS) is 10.0. The molecule has 0 aromatic carbocycles. The topological polar surface area (TPSA) is 66.5 Å². The number of hydrogen-bond acceptors (Lipinski definition) is 4. The monoisotopic (exact) mass is 189 g/mol. The molecular weight excluding hydrogens is 178 g/mol. The summed E-state index contributed by atoms with van der Waals surface area (Å²) >= 11 is 0. The number of anilines is 1. The van der Waals surface area contributed by atoms with E-state index < -0.39 is 0 Å². The third kappa shape index (κ3) is 2.29. The summed E-state index contributed by atoms with van der Waals surface area (Å²) in [5.74, 6) is 0.798. The van der Waals surface area contributed by atoms with Crippen LogP contribution in [0.25, 0.3) is 0 Å². The van der Waals surface area contributed by atoms with E-state index in [1.54, 1.807) is 12.5 Å². The van der Waals surface area contributed by atoms with E-state index >= 15 is 0 Å². The molecule has 2 rings (SSSR count). The van der Waals surface area contributed by atoms with Crippen LogP contribution in [-0.2, 0) is 6.42 Å². The van der Waals surface area contributed by atoms with Crippen molar-refractivity contribution >= 4 is 5.82 Å². The molecule has 0 saturated heterocycles. The molecule has 0 bridgehead atoms. The number of nitrogens with zero attached hydrogens (tertiary/aromatic N) is 3. The standard InChI is InChI=1S/C9H11N5/c1-2-9(14-13-4-1)11-5-3-8-6-10-7-12-8/h1-2,4,6-7H,3,5H2,(H,10,12)(H,11,14). The van der Waals surface area contributed by atoms with E-state index in [1.807, 2.05) is 18.3 Å². The lowest BCUT2D eigenvalue weighted by Gasteiger charge is -2.02. The van der Waals surface area contributed by atoms with Crippen molar-refractivity contribution in [1.82, 2.24) is 20.2 Å². The van der Waals surface area contributed by atoms with Crippen LogP contribution in [0.3, 0.4) is 0 Å². The van der Waals surface area contributed by atoms with E-state index in [-0.39, 0.29) is 0 Å². The van der Waals surface area contributed by atoms with Gasteiger partial charge in [-0.1, -0.05) is 0 Å². The minimum absolute atomic E-state index is 0.798. The maximum atomic E-state index is 3.94. The molecule has 0 saturated carbocycles. The molecule has 2 N–H and O–H groups in total. The summed E-state index contributed by atoms with van der Waals surface area (Å²) in [7, 11) is 0. The van der Waals surface area contributed by atoms with E-state index in [9.17, 15) is 0 Å². The zero-order valence-corrected chi connectivity index (χ0v) is 7.64. The van der Waals surface area contributed by atoms with Crippen molar-refractivity contribution in [2.45, 2.75) is 6.42 Å².